The molecule has 77 heavy (non-hydrogen) atoms. The van der Waals surface area contributed by atoms with Gasteiger partial charge < -0.3 is 25.7 Å². The highest BCUT2D eigenvalue weighted by molar-refractivity contribution is 5.80. The summed E-state index contributed by atoms with van der Waals surface area (Å²) in [6, 6.07) is -1.01. The molecule has 0 aliphatic carbocycles. The first kappa shape index (κ1) is 75.5. The van der Waals surface area contributed by atoms with Crippen LogP contribution in [0.15, 0.2) is 36.5 Å². The van der Waals surface area contributed by atoms with Gasteiger partial charge in [-0.15, -0.1) is 0 Å². The molecule has 0 radical (unpaired) electrons. The molecule has 0 aromatic heterocycles. The highest BCUT2D eigenvalue weighted by atomic mass is 16.3. The predicted octanol–water partition coefficient (Wildman–Crippen LogP) is 21.5. The summed E-state index contributed by atoms with van der Waals surface area (Å²) in [5, 5.41) is 44.1. The van der Waals surface area contributed by atoms with E-state index >= 15 is 0 Å². The first-order chi connectivity index (χ1) is 38.0. The molecule has 0 bridgehead atoms. The minimum absolute atomic E-state index is 0.362. The minimum Gasteiger partial charge on any atom is -0.394 e. The van der Waals surface area contributed by atoms with Crippen LogP contribution in [0.3, 0.4) is 0 Å². The fourth-order valence-electron chi connectivity index (χ4n) is 11.1. The largest absolute Gasteiger partial charge is 0.394 e. The second-order valence-corrected chi connectivity index (χ2v) is 24.2. The molecule has 0 saturated heterocycles. The van der Waals surface area contributed by atoms with Gasteiger partial charge in [0.1, 0.15) is 12.2 Å². The average Bonchev–Trinajstić information content (AvgIpc) is 3.43. The first-order valence-corrected chi connectivity index (χ1v) is 34.9. The lowest BCUT2D eigenvalue weighted by molar-refractivity contribution is -0.132. The minimum atomic E-state index is -1.29. The number of amides is 1. The van der Waals surface area contributed by atoms with E-state index in [2.05, 4.69) is 55.6 Å². The van der Waals surface area contributed by atoms with Crippen LogP contribution in [0, 0.1) is 0 Å². The van der Waals surface area contributed by atoms with E-state index in [1.54, 1.807) is 0 Å². The van der Waals surface area contributed by atoms with E-state index in [0.29, 0.717) is 19.3 Å². The summed E-state index contributed by atoms with van der Waals surface area (Å²) in [7, 11) is 0. The molecule has 0 aliphatic heterocycles. The van der Waals surface area contributed by atoms with Crippen molar-refractivity contribution in [2.45, 2.75) is 404 Å². The van der Waals surface area contributed by atoms with Gasteiger partial charge in [0, 0.05) is 0 Å². The summed E-state index contributed by atoms with van der Waals surface area (Å²) < 4.78 is 0. The van der Waals surface area contributed by atoms with E-state index in [1.165, 1.54) is 295 Å². The number of unbranched alkanes of at least 4 members (excludes halogenated alkanes) is 50. The number of hydrogen-bond acceptors (Lipinski definition) is 5. The lowest BCUT2D eigenvalue weighted by Crippen LogP contribution is -2.53. The number of hydrogen-bond donors (Lipinski definition) is 5. The van der Waals surface area contributed by atoms with Crippen LogP contribution >= 0.6 is 0 Å². The summed E-state index contributed by atoms with van der Waals surface area (Å²) in [5.41, 5.74) is 0. The molecule has 0 spiro atoms. The molecule has 6 heteroatoms. The highest BCUT2D eigenvalue weighted by Gasteiger charge is 2.28. The standard InChI is InChI=1S/C71H137NO5/c1-3-5-7-9-11-13-15-17-19-21-23-25-27-29-30-31-32-33-34-35-36-37-38-39-41-43-45-47-49-51-53-55-57-59-61-63-65-69(75)71(77)72-67(66-73)70(76)68(74)64-62-60-58-56-54-52-50-48-46-44-42-40-28-26-24-22-20-18-16-14-12-10-8-6-4-2/h40,42,48,50,56,58,67-70,73-76H,3-39,41,43-47,49,51-55,57,59-66H2,1-2H3,(H,72,77)/b42-40+,50-48+,58-56+. The number of carbonyl (C=O) groups is 1. The van der Waals surface area contributed by atoms with Crippen LogP contribution in [0.25, 0.3) is 0 Å². The Balaban J connectivity index is 3.56. The van der Waals surface area contributed by atoms with Crippen LogP contribution in [0.1, 0.15) is 380 Å². The number of rotatable bonds is 65. The maximum atomic E-state index is 12.7. The third-order valence-electron chi connectivity index (χ3n) is 16.6. The van der Waals surface area contributed by atoms with Gasteiger partial charge in [0.25, 0.3) is 0 Å². The number of aliphatic hydroxyl groups excluding tert-OH is 4. The maximum absolute atomic E-state index is 12.7. The van der Waals surface area contributed by atoms with E-state index in [1.807, 2.05) is 0 Å². The monoisotopic (exact) mass is 1080 g/mol. The van der Waals surface area contributed by atoms with Crippen molar-refractivity contribution in [1.82, 2.24) is 5.32 Å². The fraction of sp³-hybridized carbons (Fsp3) is 0.901. The third-order valence-corrected chi connectivity index (χ3v) is 16.6. The van der Waals surface area contributed by atoms with Gasteiger partial charge >= 0.3 is 0 Å². The maximum Gasteiger partial charge on any atom is 0.249 e. The molecule has 0 fully saturated rings. The summed E-state index contributed by atoms with van der Waals surface area (Å²) in [4.78, 5) is 12.7. The Morgan fingerprint density at radius 3 is 0.818 bits per heavy atom. The molecule has 4 atom stereocenters. The molecule has 456 valence electrons. The van der Waals surface area contributed by atoms with Crippen molar-refractivity contribution in [2.75, 3.05) is 6.61 Å². The number of carbonyl (C=O) groups excluding carboxylic acids is 1. The van der Waals surface area contributed by atoms with E-state index < -0.39 is 36.9 Å². The average molecular weight is 1080 g/mol. The van der Waals surface area contributed by atoms with Gasteiger partial charge in [0.05, 0.1) is 18.8 Å². The van der Waals surface area contributed by atoms with Crippen LogP contribution in [0.4, 0.5) is 0 Å². The Morgan fingerprint density at radius 2 is 0.545 bits per heavy atom. The van der Waals surface area contributed by atoms with Crippen molar-refractivity contribution in [2.24, 2.45) is 0 Å². The van der Waals surface area contributed by atoms with Crippen LogP contribution in [0.2, 0.25) is 0 Å². The molecule has 0 aliphatic rings. The van der Waals surface area contributed by atoms with Gasteiger partial charge in [-0.05, 0) is 64.2 Å². The van der Waals surface area contributed by atoms with Crippen LogP contribution < -0.4 is 5.32 Å². The highest BCUT2D eigenvalue weighted by Crippen LogP contribution is 2.19. The van der Waals surface area contributed by atoms with E-state index in [-0.39, 0.29) is 0 Å². The van der Waals surface area contributed by atoms with E-state index in [4.69, 9.17) is 0 Å². The van der Waals surface area contributed by atoms with Gasteiger partial charge in [0.15, 0.2) is 0 Å². The first-order valence-electron chi connectivity index (χ1n) is 34.9. The van der Waals surface area contributed by atoms with Crippen molar-refractivity contribution in [3.8, 4) is 0 Å². The fourth-order valence-corrected chi connectivity index (χ4v) is 11.1. The van der Waals surface area contributed by atoms with Crippen molar-refractivity contribution in [3.63, 3.8) is 0 Å². The quantitative estimate of drug-likeness (QED) is 0.0308. The zero-order valence-corrected chi connectivity index (χ0v) is 52.0. The zero-order chi connectivity index (χ0) is 55.8. The second kappa shape index (κ2) is 65.3. The third kappa shape index (κ3) is 59.0. The predicted molar refractivity (Wildman–Crippen MR) is 339 cm³/mol. The van der Waals surface area contributed by atoms with Gasteiger partial charge in [0.2, 0.25) is 5.91 Å². The Hall–Kier alpha value is -1.47. The van der Waals surface area contributed by atoms with Gasteiger partial charge in [-0.25, -0.2) is 0 Å². The Morgan fingerprint density at radius 1 is 0.312 bits per heavy atom. The van der Waals surface area contributed by atoms with Gasteiger partial charge in [-0.1, -0.05) is 352 Å². The Bertz CT molecular complexity index is 1220. The Kier molecular flexibility index (Phi) is 64.1. The van der Waals surface area contributed by atoms with Crippen LogP contribution in [0.5, 0.6) is 0 Å². The lowest BCUT2D eigenvalue weighted by atomic mass is 10.00. The molecule has 0 saturated carbocycles. The van der Waals surface area contributed by atoms with Gasteiger partial charge in [-0.3, -0.25) is 4.79 Å². The van der Waals surface area contributed by atoms with E-state index in [9.17, 15) is 25.2 Å². The van der Waals surface area contributed by atoms with Crippen LogP contribution in [-0.4, -0.2) is 57.3 Å². The molecular formula is C71H137NO5. The number of aliphatic hydroxyl groups is 4. The van der Waals surface area contributed by atoms with Gasteiger partial charge in [-0.2, -0.15) is 0 Å². The topological polar surface area (TPSA) is 110 Å². The Labute approximate surface area is 481 Å². The smallest absolute Gasteiger partial charge is 0.249 e. The molecule has 1 amide bonds. The summed E-state index contributed by atoms with van der Waals surface area (Å²) in [6.45, 7) is 4.09. The van der Waals surface area contributed by atoms with E-state index in [0.717, 1.165) is 51.4 Å². The second-order valence-electron chi connectivity index (χ2n) is 24.2. The zero-order valence-electron chi connectivity index (χ0n) is 52.0. The van der Waals surface area contributed by atoms with Crippen LogP contribution in [-0.2, 0) is 4.79 Å². The lowest BCUT2D eigenvalue weighted by Gasteiger charge is -2.27. The summed E-state index contributed by atoms with van der Waals surface area (Å²) in [5.74, 6) is -0.593. The SMILES string of the molecule is CCCCCCCCCCCCCC/C=C/CC/C=C/CC/C=C/CCCC(O)C(O)C(CO)NC(=O)C(O)CCCCCCCCCCCCCCCCCCCCCCCCCCCCCCCCCCCCCC. The van der Waals surface area contributed by atoms with Crippen molar-refractivity contribution < 1.29 is 25.2 Å². The van der Waals surface area contributed by atoms with Crippen molar-refractivity contribution >= 4 is 5.91 Å². The molecule has 0 heterocycles. The molecule has 0 aromatic carbocycles. The molecule has 4 unspecified atom stereocenters. The van der Waals surface area contributed by atoms with Crippen molar-refractivity contribution in [3.05, 3.63) is 36.5 Å². The number of allylic oxidation sites excluding steroid dienone is 6. The summed E-state index contributed by atoms with van der Waals surface area (Å²) in [6.07, 6.45) is 84.2. The molecule has 0 aromatic rings. The number of nitrogens with one attached hydrogen (secondary N) is 1. The van der Waals surface area contributed by atoms with Crippen molar-refractivity contribution in [1.29, 1.82) is 0 Å². The molecule has 6 nitrogen and oxygen atoms in total. The molecule has 5 N–H and O–H groups in total. The summed E-state index contributed by atoms with van der Waals surface area (Å²) >= 11 is 0. The normalized spacial score (nSPS) is 13.7. The molecule has 0 rings (SSSR count). The molecular weight excluding hydrogens is 947 g/mol.